The lowest BCUT2D eigenvalue weighted by Crippen LogP contribution is -2.48. The van der Waals surface area contributed by atoms with Crippen molar-refractivity contribution in [2.45, 2.75) is 6.04 Å². The Morgan fingerprint density at radius 1 is 1.07 bits per heavy atom. The van der Waals surface area contributed by atoms with Crippen LogP contribution in [0.5, 0.6) is 5.75 Å². The van der Waals surface area contributed by atoms with Crippen molar-refractivity contribution in [3.05, 3.63) is 65.5 Å². The molecule has 1 amide bonds. The van der Waals surface area contributed by atoms with E-state index in [0.717, 1.165) is 31.7 Å². The van der Waals surface area contributed by atoms with Gasteiger partial charge in [0.05, 0.1) is 13.2 Å². The molecule has 2 aromatic rings. The van der Waals surface area contributed by atoms with Crippen molar-refractivity contribution in [1.82, 2.24) is 15.1 Å². The van der Waals surface area contributed by atoms with E-state index in [-0.39, 0.29) is 17.8 Å². The van der Waals surface area contributed by atoms with Crippen LogP contribution < -0.4 is 10.1 Å². The van der Waals surface area contributed by atoms with Crippen LogP contribution in [0.4, 0.5) is 4.39 Å². The summed E-state index contributed by atoms with van der Waals surface area (Å²) < 4.78 is 18.5. The van der Waals surface area contributed by atoms with Gasteiger partial charge in [0.2, 0.25) is 0 Å². The minimum Gasteiger partial charge on any atom is -0.497 e. The molecular formula is C21H26FN3O2. The van der Waals surface area contributed by atoms with Gasteiger partial charge in [-0.2, -0.15) is 0 Å². The number of piperazine rings is 1. The van der Waals surface area contributed by atoms with Crippen LogP contribution in [0.2, 0.25) is 0 Å². The smallest absolute Gasteiger partial charge is 0.251 e. The van der Waals surface area contributed by atoms with Crippen molar-refractivity contribution < 1.29 is 13.9 Å². The quantitative estimate of drug-likeness (QED) is 0.848. The van der Waals surface area contributed by atoms with Crippen LogP contribution in [0.1, 0.15) is 22.0 Å². The predicted octanol–water partition coefficient (Wildman–Crippen LogP) is 2.55. The third-order valence-electron chi connectivity index (χ3n) is 5.04. The molecule has 1 fully saturated rings. The van der Waals surface area contributed by atoms with E-state index in [9.17, 15) is 9.18 Å². The monoisotopic (exact) mass is 371 g/mol. The zero-order chi connectivity index (χ0) is 19.2. The Balaban J connectivity index is 1.70. The molecule has 0 aromatic heterocycles. The molecule has 2 aromatic carbocycles. The SMILES string of the molecule is COc1ccc(C(=O)NC[C@@H](c2ccc(F)cc2)N2CCN(C)CC2)cc1. The highest BCUT2D eigenvalue weighted by Crippen LogP contribution is 2.22. The average molecular weight is 371 g/mol. The molecule has 1 saturated heterocycles. The van der Waals surface area contributed by atoms with Crippen molar-refractivity contribution in [1.29, 1.82) is 0 Å². The summed E-state index contributed by atoms with van der Waals surface area (Å²) in [5.74, 6) is 0.338. The standard InChI is InChI=1S/C21H26FN3O2/c1-24-11-13-25(14-12-24)20(16-3-7-18(22)8-4-16)15-23-21(26)17-5-9-19(27-2)10-6-17/h3-10,20H,11-15H2,1-2H3,(H,23,26)/t20-/m0/s1. The summed E-state index contributed by atoms with van der Waals surface area (Å²) in [4.78, 5) is 17.2. The van der Waals surface area contributed by atoms with Crippen molar-refractivity contribution in [2.24, 2.45) is 0 Å². The highest BCUT2D eigenvalue weighted by molar-refractivity contribution is 5.94. The zero-order valence-corrected chi connectivity index (χ0v) is 15.8. The van der Waals surface area contributed by atoms with E-state index < -0.39 is 0 Å². The molecule has 0 aliphatic carbocycles. The topological polar surface area (TPSA) is 44.8 Å². The Kier molecular flexibility index (Phi) is 6.42. The van der Waals surface area contributed by atoms with Crippen LogP contribution in [0.3, 0.4) is 0 Å². The van der Waals surface area contributed by atoms with Crippen molar-refractivity contribution in [3.63, 3.8) is 0 Å². The first-order valence-electron chi connectivity index (χ1n) is 9.17. The van der Waals surface area contributed by atoms with Crippen molar-refractivity contribution in [3.8, 4) is 5.75 Å². The van der Waals surface area contributed by atoms with Gasteiger partial charge >= 0.3 is 0 Å². The van der Waals surface area contributed by atoms with Gasteiger partial charge in [-0.05, 0) is 49.0 Å². The summed E-state index contributed by atoms with van der Waals surface area (Å²) in [5, 5.41) is 3.03. The van der Waals surface area contributed by atoms with Crippen molar-refractivity contribution >= 4 is 5.91 Å². The summed E-state index contributed by atoms with van der Waals surface area (Å²) in [6.07, 6.45) is 0. The second kappa shape index (κ2) is 8.97. The fraction of sp³-hybridized carbons (Fsp3) is 0.381. The molecule has 0 radical (unpaired) electrons. The first-order valence-corrected chi connectivity index (χ1v) is 9.17. The van der Waals surface area contributed by atoms with Gasteiger partial charge in [0.25, 0.3) is 5.91 Å². The van der Waals surface area contributed by atoms with Gasteiger partial charge in [-0.15, -0.1) is 0 Å². The summed E-state index contributed by atoms with van der Waals surface area (Å²) in [6.45, 7) is 4.25. The molecule has 0 unspecified atom stereocenters. The summed E-state index contributed by atoms with van der Waals surface area (Å²) >= 11 is 0. The maximum Gasteiger partial charge on any atom is 0.251 e. The van der Waals surface area contributed by atoms with Gasteiger partial charge in [0.1, 0.15) is 11.6 Å². The van der Waals surface area contributed by atoms with Gasteiger partial charge in [-0.3, -0.25) is 9.69 Å². The number of nitrogens with one attached hydrogen (secondary N) is 1. The summed E-state index contributed by atoms with van der Waals surface area (Å²) in [5.41, 5.74) is 1.60. The molecule has 0 bridgehead atoms. The number of amides is 1. The molecule has 3 rings (SSSR count). The molecule has 0 saturated carbocycles. The number of benzene rings is 2. The first-order chi connectivity index (χ1) is 13.1. The van der Waals surface area contributed by atoms with E-state index in [1.165, 1.54) is 12.1 Å². The van der Waals surface area contributed by atoms with Gasteiger partial charge in [0, 0.05) is 38.3 Å². The number of ether oxygens (including phenoxy) is 1. The molecule has 1 atom stereocenters. The molecule has 1 aliphatic heterocycles. The van der Waals surface area contributed by atoms with Crippen LogP contribution in [-0.2, 0) is 0 Å². The number of carbonyl (C=O) groups is 1. The highest BCUT2D eigenvalue weighted by Gasteiger charge is 2.24. The third kappa shape index (κ3) is 5.05. The first kappa shape index (κ1) is 19.3. The Bertz CT molecular complexity index is 741. The number of hydrogen-bond acceptors (Lipinski definition) is 4. The number of hydrogen-bond donors (Lipinski definition) is 1. The largest absolute Gasteiger partial charge is 0.497 e. The van der Waals surface area contributed by atoms with Gasteiger partial charge in [-0.25, -0.2) is 4.39 Å². The lowest BCUT2D eigenvalue weighted by atomic mass is 10.0. The Morgan fingerprint density at radius 2 is 1.70 bits per heavy atom. The molecule has 5 nitrogen and oxygen atoms in total. The number of nitrogens with zero attached hydrogens (tertiary/aromatic N) is 2. The number of likely N-dealkylation sites (N-methyl/N-ethyl adjacent to an activating group) is 1. The average Bonchev–Trinajstić information content (AvgIpc) is 2.70. The van der Waals surface area contributed by atoms with E-state index in [2.05, 4.69) is 22.2 Å². The molecule has 6 heteroatoms. The van der Waals surface area contributed by atoms with Gasteiger partial charge < -0.3 is 15.0 Å². The highest BCUT2D eigenvalue weighted by atomic mass is 19.1. The second-order valence-electron chi connectivity index (χ2n) is 6.85. The third-order valence-corrected chi connectivity index (χ3v) is 5.04. The Labute approximate surface area is 159 Å². The summed E-state index contributed by atoms with van der Waals surface area (Å²) in [6, 6.07) is 13.6. The number of methoxy groups -OCH3 is 1. The number of carbonyl (C=O) groups excluding carboxylic acids is 1. The maximum atomic E-state index is 13.3. The van der Waals surface area contributed by atoms with Crippen LogP contribution in [0.25, 0.3) is 0 Å². The number of rotatable bonds is 6. The summed E-state index contributed by atoms with van der Waals surface area (Å²) in [7, 11) is 3.70. The Hall–Kier alpha value is -2.44. The zero-order valence-electron chi connectivity index (χ0n) is 15.8. The second-order valence-corrected chi connectivity index (χ2v) is 6.85. The lowest BCUT2D eigenvalue weighted by molar-refractivity contribution is 0.0886. The molecular weight excluding hydrogens is 345 g/mol. The minimum atomic E-state index is -0.252. The van der Waals surface area contributed by atoms with E-state index in [0.29, 0.717) is 17.9 Å². The van der Waals surface area contributed by atoms with Crippen LogP contribution in [0, 0.1) is 5.82 Å². The molecule has 0 spiro atoms. The Morgan fingerprint density at radius 3 is 2.30 bits per heavy atom. The van der Waals surface area contributed by atoms with Crippen LogP contribution >= 0.6 is 0 Å². The maximum absolute atomic E-state index is 13.3. The molecule has 1 aliphatic rings. The minimum absolute atomic E-state index is 0.0153. The fourth-order valence-electron chi connectivity index (χ4n) is 3.31. The van der Waals surface area contributed by atoms with Gasteiger partial charge in [0.15, 0.2) is 0 Å². The number of halogens is 1. The molecule has 1 N–H and O–H groups in total. The lowest BCUT2D eigenvalue weighted by Gasteiger charge is -2.38. The fourth-order valence-corrected chi connectivity index (χ4v) is 3.31. The normalized spacial score (nSPS) is 16.7. The van der Waals surface area contributed by atoms with Crippen molar-refractivity contribution in [2.75, 3.05) is 46.9 Å². The van der Waals surface area contributed by atoms with Crippen LogP contribution in [0.15, 0.2) is 48.5 Å². The molecule has 27 heavy (non-hydrogen) atoms. The van der Waals surface area contributed by atoms with Crippen LogP contribution in [-0.4, -0.2) is 62.6 Å². The van der Waals surface area contributed by atoms with E-state index in [1.807, 2.05) is 0 Å². The van der Waals surface area contributed by atoms with E-state index in [4.69, 9.17) is 4.74 Å². The molecule has 144 valence electrons. The van der Waals surface area contributed by atoms with E-state index >= 15 is 0 Å². The van der Waals surface area contributed by atoms with Gasteiger partial charge in [-0.1, -0.05) is 12.1 Å². The van der Waals surface area contributed by atoms with E-state index in [1.54, 1.807) is 43.5 Å². The molecule has 1 heterocycles. The predicted molar refractivity (Wildman–Crippen MR) is 104 cm³/mol.